The lowest BCUT2D eigenvalue weighted by Gasteiger charge is -2.22. The van der Waals surface area contributed by atoms with Crippen molar-refractivity contribution in [2.24, 2.45) is 11.7 Å². The number of rotatable bonds is 36. The van der Waals surface area contributed by atoms with E-state index >= 15 is 0 Å². The number of nitrogens with two attached hydrogens (primary N) is 1. The Labute approximate surface area is 259 Å². The standard InChI is InChI=1S/C30H60N2O11/c1-28(2)30(34)5-11-36-17-23-42-26-20-39-14-8-32(9-15-40-21-27-43-24-18-37-12-6-31)7-13-38-19-25-41-22-16-35-10-4-29(3)33/h28H,4-27,31H2,1-3H3. The molecule has 0 aromatic rings. The molecule has 0 aromatic heterocycles. The maximum absolute atomic E-state index is 11.6. The molecule has 0 bridgehead atoms. The van der Waals surface area contributed by atoms with Crippen molar-refractivity contribution in [3.8, 4) is 0 Å². The number of hydrogen-bond donors (Lipinski definition) is 1. The van der Waals surface area contributed by atoms with Gasteiger partial charge in [0.25, 0.3) is 0 Å². The molecule has 0 aromatic carbocycles. The van der Waals surface area contributed by atoms with Gasteiger partial charge in [0.15, 0.2) is 0 Å². The fourth-order valence-electron chi connectivity index (χ4n) is 3.30. The summed E-state index contributed by atoms with van der Waals surface area (Å²) in [4.78, 5) is 24.7. The Hall–Kier alpha value is -1.10. The molecule has 0 aliphatic heterocycles. The molecular weight excluding hydrogens is 564 g/mol. The van der Waals surface area contributed by atoms with E-state index in [4.69, 9.17) is 48.4 Å². The highest BCUT2D eigenvalue weighted by molar-refractivity contribution is 5.80. The maximum atomic E-state index is 11.6. The van der Waals surface area contributed by atoms with Crippen molar-refractivity contribution in [1.29, 1.82) is 0 Å². The lowest BCUT2D eigenvalue weighted by Crippen LogP contribution is -2.34. The number of nitrogens with zero attached hydrogens (tertiary/aromatic N) is 1. The summed E-state index contributed by atoms with van der Waals surface area (Å²) >= 11 is 0. The van der Waals surface area contributed by atoms with E-state index in [1.165, 1.54) is 0 Å². The van der Waals surface area contributed by atoms with Gasteiger partial charge in [-0.1, -0.05) is 13.8 Å². The van der Waals surface area contributed by atoms with Gasteiger partial charge in [-0.05, 0) is 6.92 Å². The van der Waals surface area contributed by atoms with E-state index < -0.39 is 0 Å². The maximum Gasteiger partial charge on any atom is 0.137 e. The van der Waals surface area contributed by atoms with Crippen molar-refractivity contribution in [2.45, 2.75) is 33.6 Å². The average Bonchev–Trinajstić information content (AvgIpc) is 2.98. The van der Waals surface area contributed by atoms with E-state index in [-0.39, 0.29) is 17.5 Å². The molecule has 256 valence electrons. The van der Waals surface area contributed by atoms with Gasteiger partial charge in [0, 0.05) is 44.9 Å². The first-order valence-electron chi connectivity index (χ1n) is 15.6. The highest BCUT2D eigenvalue weighted by Crippen LogP contribution is 1.98. The second-order valence-electron chi connectivity index (χ2n) is 9.96. The highest BCUT2D eigenvalue weighted by Gasteiger charge is 2.07. The molecule has 0 atom stereocenters. The number of ketones is 2. The lowest BCUT2D eigenvalue weighted by molar-refractivity contribution is -0.123. The van der Waals surface area contributed by atoms with Gasteiger partial charge in [-0.15, -0.1) is 0 Å². The quantitative estimate of drug-likeness (QED) is 0.0990. The van der Waals surface area contributed by atoms with Crippen LogP contribution in [0.1, 0.15) is 33.6 Å². The molecule has 0 fully saturated rings. The highest BCUT2D eigenvalue weighted by atomic mass is 16.6. The molecule has 0 saturated heterocycles. The second kappa shape index (κ2) is 33.8. The summed E-state index contributed by atoms with van der Waals surface area (Å²) < 4.78 is 49.7. The van der Waals surface area contributed by atoms with Crippen LogP contribution in [-0.2, 0) is 52.2 Å². The van der Waals surface area contributed by atoms with E-state index in [0.717, 1.165) is 19.6 Å². The van der Waals surface area contributed by atoms with Gasteiger partial charge >= 0.3 is 0 Å². The number of ether oxygens (including phenoxy) is 9. The zero-order valence-electron chi connectivity index (χ0n) is 27.1. The number of carbonyl (C=O) groups excluding carboxylic acids is 2. The predicted octanol–water partition coefficient (Wildman–Crippen LogP) is 0.991. The van der Waals surface area contributed by atoms with E-state index in [1.54, 1.807) is 6.92 Å². The van der Waals surface area contributed by atoms with E-state index in [0.29, 0.717) is 138 Å². The summed E-state index contributed by atoms with van der Waals surface area (Å²) in [5, 5.41) is 0. The summed E-state index contributed by atoms with van der Waals surface area (Å²) in [6.07, 6.45) is 0.876. The SMILES string of the molecule is CC(=O)CCOCCOCCOCCN(CCOCCOCCOCCN)CCOCCOCCOCCC(=O)C(C)C. The Morgan fingerprint density at radius 3 is 1.12 bits per heavy atom. The van der Waals surface area contributed by atoms with Crippen LogP contribution in [0, 0.1) is 5.92 Å². The first-order chi connectivity index (χ1) is 21.0. The van der Waals surface area contributed by atoms with Crippen LogP contribution in [0.4, 0.5) is 0 Å². The first-order valence-corrected chi connectivity index (χ1v) is 15.6. The summed E-state index contributed by atoms with van der Waals surface area (Å²) in [5.41, 5.74) is 5.38. The largest absolute Gasteiger partial charge is 0.379 e. The van der Waals surface area contributed by atoms with Crippen LogP contribution in [0.15, 0.2) is 0 Å². The van der Waals surface area contributed by atoms with Crippen LogP contribution in [0.3, 0.4) is 0 Å². The van der Waals surface area contributed by atoms with Crippen molar-refractivity contribution < 1.29 is 52.2 Å². The van der Waals surface area contributed by atoms with Gasteiger partial charge < -0.3 is 48.4 Å². The fourth-order valence-corrected chi connectivity index (χ4v) is 3.30. The molecule has 0 unspecified atom stereocenters. The van der Waals surface area contributed by atoms with E-state index in [9.17, 15) is 9.59 Å². The van der Waals surface area contributed by atoms with Gasteiger partial charge in [-0.2, -0.15) is 0 Å². The zero-order chi connectivity index (χ0) is 31.6. The Morgan fingerprint density at radius 2 is 0.791 bits per heavy atom. The van der Waals surface area contributed by atoms with Gasteiger partial charge in [0.1, 0.15) is 11.6 Å². The van der Waals surface area contributed by atoms with E-state index in [2.05, 4.69) is 4.90 Å². The van der Waals surface area contributed by atoms with Crippen molar-refractivity contribution >= 4 is 11.6 Å². The average molecular weight is 625 g/mol. The van der Waals surface area contributed by atoms with Crippen LogP contribution in [0.5, 0.6) is 0 Å². The smallest absolute Gasteiger partial charge is 0.137 e. The Balaban J connectivity index is 3.95. The Bertz CT molecular complexity index is 615. The molecule has 0 aliphatic rings. The van der Waals surface area contributed by atoms with Gasteiger partial charge in [-0.25, -0.2) is 0 Å². The van der Waals surface area contributed by atoms with Crippen LogP contribution in [0.25, 0.3) is 0 Å². The molecule has 13 nitrogen and oxygen atoms in total. The molecule has 0 spiro atoms. The number of Topliss-reactive ketones (excluding diaryl/α,β-unsaturated/α-hetero) is 2. The third kappa shape index (κ3) is 33.6. The molecule has 0 aliphatic carbocycles. The molecule has 0 rings (SSSR count). The van der Waals surface area contributed by atoms with Crippen molar-refractivity contribution in [3.05, 3.63) is 0 Å². The van der Waals surface area contributed by atoms with Crippen LogP contribution >= 0.6 is 0 Å². The molecule has 0 radical (unpaired) electrons. The van der Waals surface area contributed by atoms with Crippen LogP contribution in [0.2, 0.25) is 0 Å². The Kier molecular flexibility index (Phi) is 32.9. The fraction of sp³-hybridized carbons (Fsp3) is 0.933. The van der Waals surface area contributed by atoms with Gasteiger partial charge in [0.05, 0.1) is 119 Å². The van der Waals surface area contributed by atoms with Gasteiger partial charge in [0.2, 0.25) is 0 Å². The number of hydrogen-bond acceptors (Lipinski definition) is 13. The third-order valence-corrected chi connectivity index (χ3v) is 5.89. The predicted molar refractivity (Wildman–Crippen MR) is 163 cm³/mol. The van der Waals surface area contributed by atoms with Crippen molar-refractivity contribution in [2.75, 3.05) is 145 Å². The topological polar surface area (TPSA) is 146 Å². The summed E-state index contributed by atoms with van der Waals surface area (Å²) in [6, 6.07) is 0. The minimum absolute atomic E-state index is 0.0479. The van der Waals surface area contributed by atoms with Crippen molar-refractivity contribution in [1.82, 2.24) is 4.90 Å². The zero-order valence-corrected chi connectivity index (χ0v) is 27.1. The monoisotopic (exact) mass is 624 g/mol. The van der Waals surface area contributed by atoms with Gasteiger partial charge in [-0.3, -0.25) is 14.5 Å². The minimum atomic E-state index is 0.0479. The van der Waals surface area contributed by atoms with E-state index in [1.807, 2.05) is 13.8 Å². The first kappa shape index (κ1) is 41.9. The minimum Gasteiger partial charge on any atom is -0.379 e. The lowest BCUT2D eigenvalue weighted by atomic mass is 10.1. The molecule has 0 heterocycles. The molecular formula is C30H60N2O11. The summed E-state index contributed by atoms with van der Waals surface area (Å²) in [5.74, 6) is 0.381. The molecule has 13 heteroatoms. The Morgan fingerprint density at radius 1 is 0.488 bits per heavy atom. The third-order valence-electron chi connectivity index (χ3n) is 5.89. The molecule has 0 amide bonds. The van der Waals surface area contributed by atoms with Crippen LogP contribution in [-0.4, -0.2) is 162 Å². The molecule has 2 N–H and O–H groups in total. The number of carbonyl (C=O) groups is 2. The summed E-state index contributed by atoms with van der Waals surface area (Å²) in [7, 11) is 0. The molecule has 43 heavy (non-hydrogen) atoms. The summed E-state index contributed by atoms with van der Waals surface area (Å²) in [6.45, 7) is 17.1. The van der Waals surface area contributed by atoms with Crippen molar-refractivity contribution in [3.63, 3.8) is 0 Å². The second-order valence-corrected chi connectivity index (χ2v) is 9.96. The molecule has 0 saturated carbocycles. The van der Waals surface area contributed by atoms with Crippen LogP contribution < -0.4 is 5.73 Å². The normalized spacial score (nSPS) is 11.7.